The Labute approximate surface area is 79.3 Å². The van der Waals surface area contributed by atoms with Crippen LogP contribution in [0.3, 0.4) is 0 Å². The predicted octanol–water partition coefficient (Wildman–Crippen LogP) is 1.63. The largest absolute Gasteiger partial charge is 0.291 e. The number of fused-ring (bicyclic) bond motifs is 1. The topological polar surface area (TPSA) is 21.1 Å². The second kappa shape index (κ2) is 3.14. The Balaban J connectivity index is 2.21. The number of hydrogen-bond donors (Lipinski definition) is 0. The molecule has 1 aliphatic heterocycles. The van der Waals surface area contributed by atoms with E-state index in [2.05, 4.69) is 35.5 Å². The van der Waals surface area contributed by atoms with Gasteiger partial charge in [0.1, 0.15) is 0 Å². The summed E-state index contributed by atoms with van der Waals surface area (Å²) in [5.74, 6) is 0. The smallest absolute Gasteiger partial charge is 0.0569 e. The van der Waals surface area contributed by atoms with Crippen LogP contribution in [0.1, 0.15) is 32.0 Å². The normalized spacial score (nSPS) is 16.9. The molecule has 3 heteroatoms. The van der Waals surface area contributed by atoms with E-state index in [9.17, 15) is 0 Å². The highest BCUT2D eigenvalue weighted by Gasteiger charge is 2.24. The molecular weight excluding hydrogens is 162 g/mol. The summed E-state index contributed by atoms with van der Waals surface area (Å²) >= 11 is 0. The number of aromatic nitrogens is 2. The predicted molar refractivity (Wildman–Crippen MR) is 52.3 cm³/mol. The zero-order valence-electron chi connectivity index (χ0n) is 8.62. The third-order valence-electron chi connectivity index (χ3n) is 2.79. The number of aryl methyl sites for hydroxylation is 1. The Hall–Kier alpha value is -0.830. The van der Waals surface area contributed by atoms with Crippen LogP contribution in [0.5, 0.6) is 0 Å². The molecule has 0 unspecified atom stereocenters. The van der Waals surface area contributed by atoms with Gasteiger partial charge in [-0.25, -0.2) is 0 Å². The quantitative estimate of drug-likeness (QED) is 0.688. The van der Waals surface area contributed by atoms with Gasteiger partial charge in [0.25, 0.3) is 0 Å². The Morgan fingerprint density at radius 2 is 2.23 bits per heavy atom. The Morgan fingerprint density at radius 3 is 2.85 bits per heavy atom. The van der Waals surface area contributed by atoms with Crippen LogP contribution >= 0.6 is 0 Å². The van der Waals surface area contributed by atoms with Gasteiger partial charge >= 0.3 is 0 Å². The summed E-state index contributed by atoms with van der Waals surface area (Å²) in [5.41, 5.74) is 2.83. The van der Waals surface area contributed by atoms with Gasteiger partial charge in [-0.1, -0.05) is 0 Å². The number of rotatable bonds is 2. The fraction of sp³-hybridized carbons (Fsp3) is 0.700. The summed E-state index contributed by atoms with van der Waals surface area (Å²) in [5, 5.41) is 4.34. The van der Waals surface area contributed by atoms with Crippen LogP contribution in [0.2, 0.25) is 0 Å². The first-order chi connectivity index (χ1) is 6.22. The van der Waals surface area contributed by atoms with Gasteiger partial charge in [0.15, 0.2) is 0 Å². The summed E-state index contributed by atoms with van der Waals surface area (Å²) in [7, 11) is 0. The number of hydrogen-bond acceptors (Lipinski definition) is 2. The van der Waals surface area contributed by atoms with E-state index in [1.165, 1.54) is 11.3 Å². The Kier molecular flexibility index (Phi) is 2.12. The van der Waals surface area contributed by atoms with E-state index < -0.39 is 0 Å². The lowest BCUT2D eigenvalue weighted by Gasteiger charge is -2.19. The second-order valence-electron chi connectivity index (χ2n) is 3.93. The van der Waals surface area contributed by atoms with E-state index in [1.807, 2.05) is 6.20 Å². The van der Waals surface area contributed by atoms with Crippen LogP contribution in [0, 0.1) is 0 Å². The van der Waals surface area contributed by atoms with Crippen molar-refractivity contribution in [3.63, 3.8) is 0 Å². The third-order valence-corrected chi connectivity index (χ3v) is 2.79. The second-order valence-corrected chi connectivity index (χ2v) is 3.93. The highest BCUT2D eigenvalue weighted by atomic mass is 15.3. The van der Waals surface area contributed by atoms with E-state index in [4.69, 9.17) is 0 Å². The molecule has 2 heterocycles. The average molecular weight is 179 g/mol. The molecule has 0 saturated heterocycles. The minimum Gasteiger partial charge on any atom is -0.291 e. The molecule has 72 valence electrons. The van der Waals surface area contributed by atoms with Gasteiger partial charge in [-0.3, -0.25) is 9.58 Å². The van der Waals surface area contributed by atoms with Gasteiger partial charge in [-0.15, -0.1) is 0 Å². The van der Waals surface area contributed by atoms with Crippen LogP contribution in [0.4, 0.5) is 0 Å². The van der Waals surface area contributed by atoms with Crippen molar-refractivity contribution in [2.24, 2.45) is 0 Å². The maximum absolute atomic E-state index is 4.34. The molecule has 2 rings (SSSR count). The van der Waals surface area contributed by atoms with Crippen molar-refractivity contribution >= 4 is 0 Å². The van der Waals surface area contributed by atoms with E-state index in [1.54, 1.807) is 0 Å². The van der Waals surface area contributed by atoms with Crippen LogP contribution in [0.25, 0.3) is 0 Å². The molecule has 0 amide bonds. The summed E-state index contributed by atoms with van der Waals surface area (Å²) in [4.78, 5) is 2.47. The van der Waals surface area contributed by atoms with Crippen molar-refractivity contribution in [2.45, 2.75) is 46.4 Å². The first-order valence-corrected chi connectivity index (χ1v) is 5.00. The molecule has 1 aromatic heterocycles. The molecule has 1 aliphatic rings. The first kappa shape index (κ1) is 8.75. The lowest BCUT2D eigenvalue weighted by atomic mass is 10.3. The van der Waals surface area contributed by atoms with Crippen LogP contribution in [-0.2, 0) is 19.6 Å². The summed E-state index contributed by atoms with van der Waals surface area (Å²) in [6, 6.07) is 0.637. The fourth-order valence-electron chi connectivity index (χ4n) is 1.87. The summed E-state index contributed by atoms with van der Waals surface area (Å²) in [6.45, 7) is 9.77. The van der Waals surface area contributed by atoms with Crippen LogP contribution in [0.15, 0.2) is 6.20 Å². The van der Waals surface area contributed by atoms with Crippen LogP contribution in [-0.4, -0.2) is 20.7 Å². The molecule has 0 aromatic carbocycles. The monoisotopic (exact) mass is 179 g/mol. The minimum atomic E-state index is 0.637. The Morgan fingerprint density at radius 1 is 1.46 bits per heavy atom. The maximum Gasteiger partial charge on any atom is 0.0569 e. The highest BCUT2D eigenvalue weighted by molar-refractivity contribution is 5.22. The zero-order valence-corrected chi connectivity index (χ0v) is 8.62. The standard InChI is InChI=1S/C10H17N3/c1-4-13-10-7-12(8(2)3)6-9(10)5-11-13/h5,8H,4,6-7H2,1-3H3. The van der Waals surface area contributed by atoms with Crippen molar-refractivity contribution < 1.29 is 0 Å². The molecular formula is C10H17N3. The fourth-order valence-corrected chi connectivity index (χ4v) is 1.87. The van der Waals surface area contributed by atoms with E-state index in [-0.39, 0.29) is 0 Å². The van der Waals surface area contributed by atoms with Gasteiger partial charge in [-0.05, 0) is 20.8 Å². The van der Waals surface area contributed by atoms with Crippen molar-refractivity contribution in [2.75, 3.05) is 0 Å². The van der Waals surface area contributed by atoms with Gasteiger partial charge in [0.2, 0.25) is 0 Å². The molecule has 0 N–H and O–H groups in total. The van der Waals surface area contributed by atoms with Gasteiger partial charge in [0, 0.05) is 31.2 Å². The van der Waals surface area contributed by atoms with Crippen molar-refractivity contribution in [3.8, 4) is 0 Å². The molecule has 13 heavy (non-hydrogen) atoms. The molecule has 0 bridgehead atoms. The molecule has 0 saturated carbocycles. The number of nitrogens with zero attached hydrogens (tertiary/aromatic N) is 3. The maximum atomic E-state index is 4.34. The lowest BCUT2D eigenvalue weighted by molar-refractivity contribution is 0.222. The molecule has 3 nitrogen and oxygen atoms in total. The SMILES string of the molecule is CCn1ncc2c1CN(C(C)C)C2. The highest BCUT2D eigenvalue weighted by Crippen LogP contribution is 2.23. The molecule has 0 aliphatic carbocycles. The first-order valence-electron chi connectivity index (χ1n) is 5.00. The zero-order chi connectivity index (χ0) is 9.42. The molecule has 0 fully saturated rings. The van der Waals surface area contributed by atoms with Crippen molar-refractivity contribution in [1.82, 2.24) is 14.7 Å². The van der Waals surface area contributed by atoms with Gasteiger partial charge in [-0.2, -0.15) is 5.10 Å². The average Bonchev–Trinajstić information content (AvgIpc) is 2.60. The lowest BCUT2D eigenvalue weighted by Crippen LogP contribution is -2.25. The van der Waals surface area contributed by atoms with Crippen molar-refractivity contribution in [3.05, 3.63) is 17.5 Å². The van der Waals surface area contributed by atoms with Gasteiger partial charge < -0.3 is 0 Å². The van der Waals surface area contributed by atoms with E-state index >= 15 is 0 Å². The van der Waals surface area contributed by atoms with Crippen LogP contribution < -0.4 is 0 Å². The minimum absolute atomic E-state index is 0.637. The van der Waals surface area contributed by atoms with E-state index in [0.29, 0.717) is 6.04 Å². The summed E-state index contributed by atoms with van der Waals surface area (Å²) in [6.07, 6.45) is 2.02. The molecule has 0 spiro atoms. The van der Waals surface area contributed by atoms with E-state index in [0.717, 1.165) is 19.6 Å². The van der Waals surface area contributed by atoms with Gasteiger partial charge in [0.05, 0.1) is 11.9 Å². The summed E-state index contributed by atoms with van der Waals surface area (Å²) < 4.78 is 2.11. The van der Waals surface area contributed by atoms with Crippen molar-refractivity contribution in [1.29, 1.82) is 0 Å². The molecule has 1 aromatic rings. The third kappa shape index (κ3) is 1.37. The molecule has 0 atom stereocenters. The Bertz CT molecular complexity index is 301. The molecule has 0 radical (unpaired) electrons.